The van der Waals surface area contributed by atoms with Crippen LogP contribution in [-0.2, 0) is 4.74 Å². The van der Waals surface area contributed by atoms with Crippen molar-refractivity contribution >= 4 is 0 Å². The Bertz CT molecular complexity index is 200. The molecule has 3 unspecified atom stereocenters. The van der Waals surface area contributed by atoms with Crippen molar-refractivity contribution in [3.05, 3.63) is 0 Å². The molecular weight excluding hydrogens is 194 g/mol. The van der Waals surface area contributed by atoms with E-state index in [2.05, 4.69) is 4.90 Å². The topological polar surface area (TPSA) is 52.9 Å². The Morgan fingerprint density at radius 1 is 1.33 bits per heavy atom. The Hall–Kier alpha value is -0.160. The molecule has 2 fully saturated rings. The Balaban J connectivity index is 1.76. The number of likely N-dealkylation sites (tertiary alicyclic amines) is 1. The standard InChI is InChI=1S/C11H21NO3/c13-7-9-1-3-12(5-9)6-10-8-15-4-2-11(10)14/h9-11,13-14H,1-8H2. The molecule has 2 rings (SSSR count). The zero-order valence-electron chi connectivity index (χ0n) is 9.14. The molecule has 15 heavy (non-hydrogen) atoms. The molecule has 0 amide bonds. The van der Waals surface area contributed by atoms with Crippen molar-refractivity contribution in [2.75, 3.05) is 39.5 Å². The molecule has 0 aliphatic carbocycles. The Kier molecular flexibility index (Phi) is 3.97. The second kappa shape index (κ2) is 5.25. The van der Waals surface area contributed by atoms with E-state index in [1.54, 1.807) is 0 Å². The van der Waals surface area contributed by atoms with Gasteiger partial charge in [0.2, 0.25) is 0 Å². The van der Waals surface area contributed by atoms with E-state index in [0.29, 0.717) is 25.7 Å². The van der Waals surface area contributed by atoms with E-state index in [4.69, 9.17) is 9.84 Å². The molecule has 0 aromatic heterocycles. The molecule has 2 aliphatic rings. The second-order valence-electron chi connectivity index (χ2n) is 4.79. The van der Waals surface area contributed by atoms with Gasteiger partial charge in [0.15, 0.2) is 0 Å². The van der Waals surface area contributed by atoms with Gasteiger partial charge in [-0.05, 0) is 25.3 Å². The lowest BCUT2D eigenvalue weighted by atomic mass is 9.98. The van der Waals surface area contributed by atoms with Crippen molar-refractivity contribution in [1.29, 1.82) is 0 Å². The van der Waals surface area contributed by atoms with E-state index >= 15 is 0 Å². The van der Waals surface area contributed by atoms with Gasteiger partial charge in [0.05, 0.1) is 12.7 Å². The van der Waals surface area contributed by atoms with E-state index in [-0.39, 0.29) is 12.0 Å². The fourth-order valence-electron chi connectivity index (χ4n) is 2.52. The molecule has 0 aromatic rings. The lowest BCUT2D eigenvalue weighted by Gasteiger charge is -2.31. The van der Waals surface area contributed by atoms with Gasteiger partial charge >= 0.3 is 0 Å². The van der Waals surface area contributed by atoms with Crippen molar-refractivity contribution in [3.8, 4) is 0 Å². The van der Waals surface area contributed by atoms with Gasteiger partial charge in [0.25, 0.3) is 0 Å². The van der Waals surface area contributed by atoms with Crippen molar-refractivity contribution in [1.82, 2.24) is 4.90 Å². The first-order valence-electron chi connectivity index (χ1n) is 5.88. The normalized spacial score (nSPS) is 38.4. The van der Waals surface area contributed by atoms with E-state index < -0.39 is 0 Å². The molecule has 0 aromatic carbocycles. The summed E-state index contributed by atoms with van der Waals surface area (Å²) in [7, 11) is 0. The average Bonchev–Trinajstić information content (AvgIpc) is 2.69. The fourth-order valence-corrected chi connectivity index (χ4v) is 2.52. The number of nitrogens with zero attached hydrogens (tertiary/aromatic N) is 1. The van der Waals surface area contributed by atoms with Gasteiger partial charge in [0.1, 0.15) is 0 Å². The summed E-state index contributed by atoms with van der Waals surface area (Å²) in [5.41, 5.74) is 0. The minimum absolute atomic E-state index is 0.202. The summed E-state index contributed by atoms with van der Waals surface area (Å²) in [6, 6.07) is 0. The highest BCUT2D eigenvalue weighted by Gasteiger charge is 2.29. The van der Waals surface area contributed by atoms with Crippen LogP contribution in [-0.4, -0.2) is 60.7 Å². The van der Waals surface area contributed by atoms with Crippen LogP contribution in [0.5, 0.6) is 0 Å². The molecule has 4 heteroatoms. The van der Waals surface area contributed by atoms with E-state index in [1.807, 2.05) is 0 Å². The van der Waals surface area contributed by atoms with Crippen molar-refractivity contribution in [3.63, 3.8) is 0 Å². The predicted octanol–water partition coefficient (Wildman–Crippen LogP) is -0.302. The van der Waals surface area contributed by atoms with Crippen molar-refractivity contribution < 1.29 is 14.9 Å². The summed E-state index contributed by atoms with van der Waals surface area (Å²) in [6.45, 7) is 4.60. The van der Waals surface area contributed by atoms with Crippen LogP contribution < -0.4 is 0 Å². The largest absolute Gasteiger partial charge is 0.396 e. The van der Waals surface area contributed by atoms with Crippen LogP contribution in [0, 0.1) is 11.8 Å². The first-order chi connectivity index (χ1) is 7.29. The third kappa shape index (κ3) is 2.91. The molecule has 0 spiro atoms. The molecule has 0 radical (unpaired) electrons. The molecule has 4 nitrogen and oxygen atoms in total. The van der Waals surface area contributed by atoms with E-state index in [9.17, 15) is 5.11 Å². The zero-order valence-corrected chi connectivity index (χ0v) is 9.14. The van der Waals surface area contributed by atoms with Gasteiger partial charge in [-0.2, -0.15) is 0 Å². The molecule has 88 valence electrons. The molecule has 2 heterocycles. The highest BCUT2D eigenvalue weighted by atomic mass is 16.5. The minimum atomic E-state index is -0.202. The van der Waals surface area contributed by atoms with Crippen molar-refractivity contribution in [2.45, 2.75) is 18.9 Å². The molecular formula is C11H21NO3. The summed E-state index contributed by atoms with van der Waals surface area (Å²) in [5.74, 6) is 0.697. The maximum absolute atomic E-state index is 9.80. The van der Waals surface area contributed by atoms with Crippen LogP contribution in [0.1, 0.15) is 12.8 Å². The van der Waals surface area contributed by atoms with Crippen LogP contribution in [0.3, 0.4) is 0 Å². The third-order valence-electron chi connectivity index (χ3n) is 3.55. The smallest absolute Gasteiger partial charge is 0.0624 e. The summed E-state index contributed by atoms with van der Waals surface area (Å²) < 4.78 is 5.38. The third-order valence-corrected chi connectivity index (χ3v) is 3.55. The van der Waals surface area contributed by atoms with E-state index in [1.165, 1.54) is 0 Å². The average molecular weight is 215 g/mol. The lowest BCUT2D eigenvalue weighted by Crippen LogP contribution is -2.40. The first-order valence-corrected chi connectivity index (χ1v) is 5.88. The van der Waals surface area contributed by atoms with Gasteiger partial charge in [-0.1, -0.05) is 0 Å². The van der Waals surface area contributed by atoms with Crippen LogP contribution in [0.25, 0.3) is 0 Å². The lowest BCUT2D eigenvalue weighted by molar-refractivity contribution is -0.0450. The summed E-state index contributed by atoms with van der Waals surface area (Å²) in [5, 5.41) is 18.8. The number of aliphatic hydroxyl groups excluding tert-OH is 2. The minimum Gasteiger partial charge on any atom is -0.396 e. The highest BCUT2D eigenvalue weighted by molar-refractivity contribution is 4.81. The quantitative estimate of drug-likeness (QED) is 0.678. The van der Waals surface area contributed by atoms with Gasteiger partial charge < -0.3 is 19.8 Å². The van der Waals surface area contributed by atoms with Crippen LogP contribution in [0.4, 0.5) is 0 Å². The highest BCUT2D eigenvalue weighted by Crippen LogP contribution is 2.21. The molecule has 2 N–H and O–H groups in total. The maximum Gasteiger partial charge on any atom is 0.0624 e. The Morgan fingerprint density at radius 2 is 2.20 bits per heavy atom. The Labute approximate surface area is 90.8 Å². The zero-order chi connectivity index (χ0) is 10.7. The number of hydrogen-bond acceptors (Lipinski definition) is 4. The summed E-state index contributed by atoms with van der Waals surface area (Å²) in [4.78, 5) is 2.34. The van der Waals surface area contributed by atoms with Crippen molar-refractivity contribution in [2.24, 2.45) is 11.8 Å². The van der Waals surface area contributed by atoms with Gasteiger partial charge in [-0.15, -0.1) is 0 Å². The first kappa shape index (κ1) is 11.3. The maximum atomic E-state index is 9.80. The van der Waals surface area contributed by atoms with Crippen LogP contribution in [0.15, 0.2) is 0 Å². The SMILES string of the molecule is OCC1CCN(CC2COCCC2O)C1. The number of hydrogen-bond donors (Lipinski definition) is 2. The van der Waals surface area contributed by atoms with Crippen LogP contribution in [0.2, 0.25) is 0 Å². The number of aliphatic hydroxyl groups is 2. The van der Waals surface area contributed by atoms with Gasteiger partial charge in [0, 0.05) is 32.2 Å². The molecule has 0 saturated carbocycles. The molecule has 3 atom stereocenters. The fraction of sp³-hybridized carbons (Fsp3) is 1.00. The molecule has 2 aliphatic heterocycles. The second-order valence-corrected chi connectivity index (χ2v) is 4.79. The monoisotopic (exact) mass is 215 g/mol. The number of rotatable bonds is 3. The Morgan fingerprint density at radius 3 is 2.87 bits per heavy atom. The predicted molar refractivity (Wildman–Crippen MR) is 56.6 cm³/mol. The molecule has 2 saturated heterocycles. The van der Waals surface area contributed by atoms with E-state index in [0.717, 1.165) is 32.5 Å². The van der Waals surface area contributed by atoms with Crippen LogP contribution >= 0.6 is 0 Å². The number of ether oxygens (including phenoxy) is 1. The van der Waals surface area contributed by atoms with Gasteiger partial charge in [-0.25, -0.2) is 0 Å². The summed E-state index contributed by atoms with van der Waals surface area (Å²) >= 11 is 0. The molecule has 0 bridgehead atoms. The summed E-state index contributed by atoms with van der Waals surface area (Å²) in [6.07, 6.45) is 1.65. The van der Waals surface area contributed by atoms with Gasteiger partial charge in [-0.3, -0.25) is 0 Å².